The Morgan fingerprint density at radius 3 is 2.52 bits per heavy atom. The molecule has 0 saturated carbocycles. The lowest BCUT2D eigenvalue weighted by molar-refractivity contribution is 0.199. The van der Waals surface area contributed by atoms with Crippen LogP contribution in [0.5, 0.6) is 5.75 Å². The van der Waals surface area contributed by atoms with Crippen LogP contribution in [0.15, 0.2) is 16.6 Å². The van der Waals surface area contributed by atoms with Gasteiger partial charge in [0.05, 0.1) is 13.7 Å². The van der Waals surface area contributed by atoms with E-state index in [9.17, 15) is 0 Å². The Bertz CT molecular complexity index is 410. The van der Waals surface area contributed by atoms with E-state index >= 15 is 0 Å². The smallest absolute Gasteiger partial charge is 0.122 e. The van der Waals surface area contributed by atoms with Gasteiger partial charge in [0.1, 0.15) is 5.75 Å². The molecule has 0 heterocycles. The molecule has 0 aliphatic rings. The predicted molar refractivity (Wildman–Crippen MR) is 92.3 cm³/mol. The topological polar surface area (TPSA) is 30.5 Å². The number of nitrogens with one attached hydrogen (secondary N) is 1. The lowest BCUT2D eigenvalue weighted by atomic mass is 10.0. The van der Waals surface area contributed by atoms with Gasteiger partial charge in [0.25, 0.3) is 0 Å². The van der Waals surface area contributed by atoms with Crippen molar-refractivity contribution in [2.75, 3.05) is 33.9 Å². The minimum absolute atomic E-state index is 0.794. The Kier molecular flexibility index (Phi) is 9.72. The molecule has 0 fully saturated rings. The standard InChI is InChI=1S/C17H28BrNO2/c1-14-12-17(21-3)15(13-16(14)18)8-6-4-5-7-9-19-10-11-20-2/h12-13,19H,4-11H2,1-3H3. The fourth-order valence-electron chi connectivity index (χ4n) is 2.30. The molecule has 3 nitrogen and oxygen atoms in total. The van der Waals surface area contributed by atoms with Crippen molar-refractivity contribution in [3.8, 4) is 5.75 Å². The molecule has 4 heteroatoms. The number of rotatable bonds is 11. The highest BCUT2D eigenvalue weighted by molar-refractivity contribution is 9.10. The molecular formula is C17H28BrNO2. The Morgan fingerprint density at radius 2 is 1.81 bits per heavy atom. The van der Waals surface area contributed by atoms with Crippen LogP contribution >= 0.6 is 15.9 Å². The lowest BCUT2D eigenvalue weighted by Gasteiger charge is -2.11. The third-order valence-corrected chi connectivity index (χ3v) is 4.45. The zero-order valence-electron chi connectivity index (χ0n) is 13.5. The van der Waals surface area contributed by atoms with Gasteiger partial charge in [-0.3, -0.25) is 0 Å². The summed E-state index contributed by atoms with van der Waals surface area (Å²) in [5, 5.41) is 3.38. The number of ether oxygens (including phenoxy) is 2. The molecule has 0 aliphatic heterocycles. The van der Waals surface area contributed by atoms with Crippen molar-refractivity contribution in [3.05, 3.63) is 27.7 Å². The first-order valence-corrected chi connectivity index (χ1v) is 8.51. The van der Waals surface area contributed by atoms with Crippen molar-refractivity contribution in [3.63, 3.8) is 0 Å². The normalized spacial score (nSPS) is 10.9. The van der Waals surface area contributed by atoms with Crippen LogP contribution in [0.3, 0.4) is 0 Å². The van der Waals surface area contributed by atoms with E-state index in [0.717, 1.165) is 31.9 Å². The Hall–Kier alpha value is -0.580. The van der Waals surface area contributed by atoms with Gasteiger partial charge in [-0.15, -0.1) is 0 Å². The second-order valence-corrected chi connectivity index (χ2v) is 6.17. The molecule has 0 unspecified atom stereocenters. The quantitative estimate of drug-likeness (QED) is 0.604. The van der Waals surface area contributed by atoms with Gasteiger partial charge in [-0.2, -0.15) is 0 Å². The van der Waals surface area contributed by atoms with Gasteiger partial charge in [-0.25, -0.2) is 0 Å². The van der Waals surface area contributed by atoms with Crippen LogP contribution in [0.4, 0.5) is 0 Å². The fourth-order valence-corrected chi connectivity index (χ4v) is 2.69. The summed E-state index contributed by atoms with van der Waals surface area (Å²) < 4.78 is 11.6. The van der Waals surface area contributed by atoms with E-state index in [-0.39, 0.29) is 0 Å². The molecule has 1 N–H and O–H groups in total. The van der Waals surface area contributed by atoms with E-state index < -0.39 is 0 Å². The Morgan fingerprint density at radius 1 is 1.05 bits per heavy atom. The molecule has 0 radical (unpaired) electrons. The van der Waals surface area contributed by atoms with Crippen LogP contribution in [0, 0.1) is 6.92 Å². The minimum Gasteiger partial charge on any atom is -0.496 e. The highest BCUT2D eigenvalue weighted by Crippen LogP contribution is 2.28. The number of methoxy groups -OCH3 is 2. The van der Waals surface area contributed by atoms with Crippen molar-refractivity contribution in [1.82, 2.24) is 5.32 Å². The fraction of sp³-hybridized carbons (Fsp3) is 0.647. The lowest BCUT2D eigenvalue weighted by Crippen LogP contribution is -2.20. The molecule has 1 aromatic carbocycles. The Balaban J connectivity index is 2.19. The van der Waals surface area contributed by atoms with Gasteiger partial charge in [-0.05, 0) is 56.0 Å². The van der Waals surface area contributed by atoms with Crippen LogP contribution in [0.1, 0.15) is 36.8 Å². The van der Waals surface area contributed by atoms with E-state index in [0.29, 0.717) is 0 Å². The Labute approximate surface area is 137 Å². The van der Waals surface area contributed by atoms with Crippen molar-refractivity contribution in [2.24, 2.45) is 0 Å². The highest BCUT2D eigenvalue weighted by Gasteiger charge is 2.06. The van der Waals surface area contributed by atoms with Crippen molar-refractivity contribution < 1.29 is 9.47 Å². The van der Waals surface area contributed by atoms with E-state index in [1.165, 1.54) is 41.3 Å². The highest BCUT2D eigenvalue weighted by atomic mass is 79.9. The average Bonchev–Trinajstić information content (AvgIpc) is 2.48. The van der Waals surface area contributed by atoms with E-state index in [4.69, 9.17) is 9.47 Å². The molecule has 0 bridgehead atoms. The maximum atomic E-state index is 5.47. The number of unbranched alkanes of at least 4 members (excludes halogenated alkanes) is 3. The van der Waals surface area contributed by atoms with Crippen molar-refractivity contribution in [1.29, 1.82) is 0 Å². The number of benzene rings is 1. The van der Waals surface area contributed by atoms with Crippen molar-refractivity contribution in [2.45, 2.75) is 39.0 Å². The third-order valence-electron chi connectivity index (χ3n) is 3.59. The number of hydrogen-bond acceptors (Lipinski definition) is 3. The van der Waals surface area contributed by atoms with E-state index in [1.54, 1.807) is 14.2 Å². The van der Waals surface area contributed by atoms with Crippen LogP contribution in [-0.2, 0) is 11.2 Å². The average molecular weight is 358 g/mol. The minimum atomic E-state index is 0.794. The first kappa shape index (κ1) is 18.5. The van der Waals surface area contributed by atoms with Gasteiger partial charge in [-0.1, -0.05) is 28.8 Å². The molecule has 0 saturated heterocycles. The van der Waals surface area contributed by atoms with E-state index in [2.05, 4.69) is 40.3 Å². The zero-order chi connectivity index (χ0) is 15.5. The van der Waals surface area contributed by atoms with Gasteiger partial charge in [0.2, 0.25) is 0 Å². The molecule has 1 rings (SSSR count). The molecule has 0 amide bonds. The largest absolute Gasteiger partial charge is 0.496 e. The number of hydrogen-bond donors (Lipinski definition) is 1. The summed E-state index contributed by atoms with van der Waals surface area (Å²) in [5.41, 5.74) is 2.52. The number of aryl methyl sites for hydroxylation is 2. The molecule has 0 aromatic heterocycles. The molecule has 120 valence electrons. The predicted octanol–water partition coefficient (Wildman–Crippen LogP) is 4.11. The second-order valence-electron chi connectivity index (χ2n) is 5.32. The molecule has 0 aliphatic carbocycles. The van der Waals surface area contributed by atoms with Gasteiger partial charge in [0.15, 0.2) is 0 Å². The first-order valence-electron chi connectivity index (χ1n) is 7.71. The van der Waals surface area contributed by atoms with Gasteiger partial charge >= 0.3 is 0 Å². The van der Waals surface area contributed by atoms with Crippen LogP contribution in [0.2, 0.25) is 0 Å². The molecule has 0 spiro atoms. The maximum absolute atomic E-state index is 5.47. The second kappa shape index (κ2) is 11.0. The first-order chi connectivity index (χ1) is 10.2. The van der Waals surface area contributed by atoms with E-state index in [1.807, 2.05) is 0 Å². The SMILES string of the molecule is COCCNCCCCCCc1cc(Br)c(C)cc1OC. The summed E-state index contributed by atoms with van der Waals surface area (Å²) in [4.78, 5) is 0. The zero-order valence-corrected chi connectivity index (χ0v) is 15.1. The van der Waals surface area contributed by atoms with Gasteiger partial charge in [0, 0.05) is 18.1 Å². The van der Waals surface area contributed by atoms with Crippen LogP contribution < -0.4 is 10.1 Å². The summed E-state index contributed by atoms with van der Waals surface area (Å²) in [6.45, 7) is 4.92. The summed E-state index contributed by atoms with van der Waals surface area (Å²) >= 11 is 3.60. The van der Waals surface area contributed by atoms with Gasteiger partial charge < -0.3 is 14.8 Å². The molecule has 0 atom stereocenters. The molecular weight excluding hydrogens is 330 g/mol. The molecule has 21 heavy (non-hydrogen) atoms. The van der Waals surface area contributed by atoms with Crippen LogP contribution in [-0.4, -0.2) is 33.9 Å². The summed E-state index contributed by atoms with van der Waals surface area (Å²) in [5.74, 6) is 1.01. The van der Waals surface area contributed by atoms with Crippen molar-refractivity contribution >= 4 is 15.9 Å². The third kappa shape index (κ3) is 7.30. The summed E-state index contributed by atoms with van der Waals surface area (Å²) in [7, 11) is 3.48. The maximum Gasteiger partial charge on any atom is 0.122 e. The summed E-state index contributed by atoms with van der Waals surface area (Å²) in [6.07, 6.45) is 6.07. The summed E-state index contributed by atoms with van der Waals surface area (Å²) in [6, 6.07) is 4.31. The monoisotopic (exact) mass is 357 g/mol. The molecule has 1 aromatic rings. The number of halogens is 1. The van der Waals surface area contributed by atoms with Crippen LogP contribution in [0.25, 0.3) is 0 Å².